The number of aliphatic hydroxyl groups is 3. The molecule has 0 bridgehead atoms. The minimum absolute atomic E-state index is 0.266. The first-order chi connectivity index (χ1) is 17.1. The molecule has 1 unspecified atom stereocenters. The van der Waals surface area contributed by atoms with Gasteiger partial charge in [0.1, 0.15) is 24.0 Å². The highest BCUT2D eigenvalue weighted by molar-refractivity contribution is 5.84. The highest BCUT2D eigenvalue weighted by Crippen LogP contribution is 2.33. The lowest BCUT2D eigenvalue weighted by molar-refractivity contribution is -0.0511. The number of nitrogens with zero attached hydrogens (tertiary/aromatic N) is 8. The van der Waals surface area contributed by atoms with E-state index in [1.807, 2.05) is 30.3 Å². The number of aliphatic hydroxyl groups excluding tert-OH is 3. The summed E-state index contributed by atoms with van der Waals surface area (Å²) in [7, 11) is 0. The van der Waals surface area contributed by atoms with Gasteiger partial charge in [0.25, 0.3) is 5.95 Å². The maximum absolute atomic E-state index is 10.6. The van der Waals surface area contributed by atoms with E-state index in [1.165, 1.54) is 11.0 Å². The first-order valence-corrected chi connectivity index (χ1v) is 11.3. The number of hydrogen-bond donors (Lipinski definition) is 3. The van der Waals surface area contributed by atoms with E-state index in [-0.39, 0.29) is 5.95 Å². The molecule has 5 heterocycles. The summed E-state index contributed by atoms with van der Waals surface area (Å²) in [5, 5.41) is 38.9. The van der Waals surface area contributed by atoms with E-state index < -0.39 is 31.1 Å². The van der Waals surface area contributed by atoms with Crippen LogP contribution in [0.3, 0.4) is 0 Å². The van der Waals surface area contributed by atoms with Gasteiger partial charge in [-0.1, -0.05) is 35.5 Å². The van der Waals surface area contributed by atoms with Crippen molar-refractivity contribution in [1.29, 1.82) is 0 Å². The molecule has 0 saturated carbocycles. The van der Waals surface area contributed by atoms with Gasteiger partial charge in [-0.2, -0.15) is 14.6 Å². The molecule has 2 saturated heterocycles. The van der Waals surface area contributed by atoms with Gasteiger partial charge in [0.15, 0.2) is 23.2 Å². The zero-order chi connectivity index (χ0) is 23.9. The number of fused-ring (bicyclic) bond motifs is 1. The lowest BCUT2D eigenvalue weighted by Crippen LogP contribution is -2.37. The molecule has 0 amide bonds. The Bertz CT molecular complexity index is 1320. The Kier molecular flexibility index (Phi) is 5.62. The third kappa shape index (κ3) is 3.83. The number of anilines is 1. The first-order valence-electron chi connectivity index (χ1n) is 11.3. The monoisotopic (exact) mass is 480 g/mol. The molecule has 35 heavy (non-hydrogen) atoms. The van der Waals surface area contributed by atoms with Crippen LogP contribution in [0.4, 0.5) is 5.82 Å². The number of imidazole rings is 1. The van der Waals surface area contributed by atoms with Crippen molar-refractivity contribution in [3.8, 4) is 17.2 Å². The molecule has 0 spiro atoms. The second kappa shape index (κ2) is 8.94. The van der Waals surface area contributed by atoms with Crippen LogP contribution in [0.15, 0.2) is 42.9 Å². The normalized spacial score (nSPS) is 24.9. The molecule has 4 aromatic rings. The summed E-state index contributed by atoms with van der Waals surface area (Å²) in [6.45, 7) is 1.93. The van der Waals surface area contributed by atoms with Crippen molar-refractivity contribution in [1.82, 2.24) is 34.5 Å². The lowest BCUT2D eigenvalue weighted by Gasteiger charge is -2.28. The van der Waals surface area contributed by atoms with Crippen molar-refractivity contribution >= 4 is 17.0 Å². The zero-order valence-corrected chi connectivity index (χ0v) is 18.6. The van der Waals surface area contributed by atoms with Crippen LogP contribution in [-0.4, -0.2) is 101 Å². The van der Waals surface area contributed by atoms with Crippen molar-refractivity contribution in [2.75, 3.05) is 37.8 Å². The fraction of sp³-hybridized carbons (Fsp3) is 0.409. The van der Waals surface area contributed by atoms with Crippen LogP contribution in [0.1, 0.15) is 6.23 Å². The van der Waals surface area contributed by atoms with Crippen molar-refractivity contribution in [2.45, 2.75) is 24.5 Å². The Morgan fingerprint density at radius 3 is 2.57 bits per heavy atom. The number of ether oxygens (including phenoxy) is 2. The van der Waals surface area contributed by atoms with Crippen molar-refractivity contribution in [3.05, 3.63) is 42.9 Å². The van der Waals surface area contributed by atoms with E-state index in [0.717, 1.165) is 5.56 Å². The minimum Gasteiger partial charge on any atom is -0.394 e. The molecule has 0 aliphatic carbocycles. The highest BCUT2D eigenvalue weighted by Gasteiger charge is 2.44. The Morgan fingerprint density at radius 2 is 1.83 bits per heavy atom. The zero-order valence-electron chi connectivity index (χ0n) is 18.6. The van der Waals surface area contributed by atoms with E-state index in [0.29, 0.717) is 49.0 Å². The predicted octanol–water partition coefficient (Wildman–Crippen LogP) is -0.478. The molecule has 0 radical (unpaired) electrons. The number of morpholine rings is 1. The molecule has 13 nitrogen and oxygen atoms in total. The van der Waals surface area contributed by atoms with Gasteiger partial charge in [0.05, 0.1) is 32.3 Å². The molecule has 13 heteroatoms. The molecule has 1 aromatic carbocycles. The van der Waals surface area contributed by atoms with Crippen LogP contribution >= 0.6 is 0 Å². The molecule has 3 aromatic heterocycles. The van der Waals surface area contributed by atoms with E-state index in [9.17, 15) is 15.3 Å². The van der Waals surface area contributed by atoms with Crippen LogP contribution in [0.25, 0.3) is 28.4 Å². The molecular formula is C22H24N8O5. The summed E-state index contributed by atoms with van der Waals surface area (Å²) >= 11 is 0. The summed E-state index contributed by atoms with van der Waals surface area (Å²) < 4.78 is 14.3. The second-order valence-electron chi connectivity index (χ2n) is 8.41. The van der Waals surface area contributed by atoms with Crippen molar-refractivity contribution < 1.29 is 24.8 Å². The van der Waals surface area contributed by atoms with E-state index in [1.54, 1.807) is 10.8 Å². The van der Waals surface area contributed by atoms with Crippen LogP contribution in [-0.2, 0) is 9.47 Å². The van der Waals surface area contributed by atoms with Gasteiger partial charge in [0, 0.05) is 18.7 Å². The SMILES string of the molecule is OC[C@H]1O[C@@H](n2cnc3c(N4CCOCC4)nc(-n4cc(-c5ccccc5)nn4)nc32)[C@@H](O)C1O. The maximum atomic E-state index is 10.6. The van der Waals surface area contributed by atoms with Crippen molar-refractivity contribution in [3.63, 3.8) is 0 Å². The number of hydrogen-bond acceptors (Lipinski definition) is 11. The smallest absolute Gasteiger partial charge is 0.256 e. The summed E-state index contributed by atoms with van der Waals surface area (Å²) in [4.78, 5) is 16.0. The molecule has 6 rings (SSSR count). The standard InChI is InChI=1S/C22H24N8O5/c31-11-15-17(32)18(33)21(35-15)29-12-23-16-19(28-6-8-34-9-7-28)24-22(25-20(16)29)30-10-14(26-27-30)13-4-2-1-3-5-13/h1-5,10,12,15,17-18,21,31-33H,6-9,11H2/t15-,17?,18+,21-/m1/s1. The Labute approximate surface area is 199 Å². The highest BCUT2D eigenvalue weighted by atomic mass is 16.6. The van der Waals surface area contributed by atoms with Gasteiger partial charge < -0.3 is 29.7 Å². The second-order valence-corrected chi connectivity index (χ2v) is 8.41. The van der Waals surface area contributed by atoms with Crippen LogP contribution < -0.4 is 4.90 Å². The number of rotatable bonds is 5. The molecule has 2 fully saturated rings. The summed E-state index contributed by atoms with van der Waals surface area (Å²) in [5.41, 5.74) is 2.48. The van der Waals surface area contributed by atoms with Gasteiger partial charge in [-0.3, -0.25) is 4.57 Å². The number of benzene rings is 1. The van der Waals surface area contributed by atoms with Crippen LogP contribution in [0, 0.1) is 0 Å². The molecule has 4 atom stereocenters. The van der Waals surface area contributed by atoms with Gasteiger partial charge in [-0.05, 0) is 0 Å². The largest absolute Gasteiger partial charge is 0.394 e. The molecule has 3 N–H and O–H groups in total. The van der Waals surface area contributed by atoms with Gasteiger partial charge in [-0.25, -0.2) is 4.98 Å². The first kappa shape index (κ1) is 22.0. The minimum atomic E-state index is -1.27. The predicted molar refractivity (Wildman–Crippen MR) is 122 cm³/mol. The lowest BCUT2D eigenvalue weighted by atomic mass is 10.1. The van der Waals surface area contributed by atoms with E-state index >= 15 is 0 Å². The van der Waals surface area contributed by atoms with E-state index in [2.05, 4.69) is 25.2 Å². The van der Waals surface area contributed by atoms with Crippen LogP contribution in [0.2, 0.25) is 0 Å². The van der Waals surface area contributed by atoms with Gasteiger partial charge >= 0.3 is 0 Å². The number of aromatic nitrogens is 7. The molecule has 2 aliphatic rings. The summed E-state index contributed by atoms with van der Waals surface area (Å²) in [5.74, 6) is 0.859. The third-order valence-electron chi connectivity index (χ3n) is 6.26. The topological polar surface area (TPSA) is 157 Å². The Balaban J connectivity index is 1.47. The van der Waals surface area contributed by atoms with Crippen LogP contribution in [0.5, 0.6) is 0 Å². The molecular weight excluding hydrogens is 456 g/mol. The fourth-order valence-corrected chi connectivity index (χ4v) is 4.39. The van der Waals surface area contributed by atoms with Gasteiger partial charge in [-0.15, -0.1) is 5.10 Å². The van der Waals surface area contributed by atoms with E-state index in [4.69, 9.17) is 14.5 Å². The Hall–Kier alpha value is -3.49. The summed E-state index contributed by atoms with van der Waals surface area (Å²) in [6.07, 6.45) is -1.19. The average Bonchev–Trinajstić information content (AvgIpc) is 3.63. The molecule has 182 valence electrons. The maximum Gasteiger partial charge on any atom is 0.256 e. The summed E-state index contributed by atoms with van der Waals surface area (Å²) in [6, 6.07) is 9.65. The quantitative estimate of drug-likeness (QED) is 0.339. The third-order valence-corrected chi connectivity index (χ3v) is 6.26. The molecule has 2 aliphatic heterocycles. The Morgan fingerprint density at radius 1 is 1.03 bits per heavy atom. The average molecular weight is 480 g/mol. The fourth-order valence-electron chi connectivity index (χ4n) is 4.39. The van der Waals surface area contributed by atoms with Crippen molar-refractivity contribution in [2.24, 2.45) is 0 Å². The van der Waals surface area contributed by atoms with Gasteiger partial charge in [0.2, 0.25) is 0 Å².